The average Bonchev–Trinajstić information content (AvgIpc) is 3.19. The van der Waals surface area contributed by atoms with Crippen molar-refractivity contribution >= 4 is 5.91 Å². The molecule has 4 nitrogen and oxygen atoms in total. The van der Waals surface area contributed by atoms with Gasteiger partial charge in [0.1, 0.15) is 0 Å². The smallest absolute Gasteiger partial charge is 0.227 e. The molecule has 4 heteroatoms. The maximum absolute atomic E-state index is 13.3. The highest BCUT2D eigenvalue weighted by Crippen LogP contribution is 2.38. The van der Waals surface area contributed by atoms with E-state index in [0.717, 1.165) is 32.5 Å². The molecule has 1 amide bonds. The molecule has 0 radical (unpaired) electrons. The Morgan fingerprint density at radius 2 is 1.87 bits per heavy atom. The third kappa shape index (κ3) is 4.44. The minimum absolute atomic E-state index is 0.168. The molecule has 0 saturated carbocycles. The number of carbonyl (C=O) groups excluding carboxylic acids is 1. The molecule has 154 valence electrons. The number of hydrogen-bond acceptors (Lipinski definition) is 3. The lowest BCUT2D eigenvalue weighted by atomic mass is 9.78. The second kappa shape index (κ2) is 9.23. The summed E-state index contributed by atoms with van der Waals surface area (Å²) in [5.41, 5.74) is 4.42. The van der Waals surface area contributed by atoms with E-state index in [2.05, 4.69) is 69.8 Å². The van der Waals surface area contributed by atoms with Crippen molar-refractivity contribution < 1.29 is 4.79 Å². The predicted octanol–water partition coefficient (Wildman–Crippen LogP) is 4.32. The molecule has 2 heterocycles. The van der Waals surface area contributed by atoms with Crippen LogP contribution in [-0.4, -0.2) is 35.4 Å². The molecular formula is C26H29N3O. The van der Waals surface area contributed by atoms with Crippen LogP contribution in [0.5, 0.6) is 0 Å². The van der Waals surface area contributed by atoms with E-state index in [0.29, 0.717) is 6.54 Å². The van der Waals surface area contributed by atoms with E-state index >= 15 is 0 Å². The van der Waals surface area contributed by atoms with E-state index < -0.39 is 5.41 Å². The minimum atomic E-state index is -0.414. The standard InChI is InChI=1S/C26H29N3O/c1-2-28-25(30)26(14-16-29(20-26)19-21-9-8-15-27-18-21)17-23-12-6-7-13-24(23)22-10-4-3-5-11-22/h3-13,15,18H,2,14,16-17,19-20H2,1H3,(H,28,30). The van der Waals surface area contributed by atoms with Gasteiger partial charge in [-0.05, 0) is 54.6 Å². The monoisotopic (exact) mass is 399 g/mol. The first kappa shape index (κ1) is 20.3. The van der Waals surface area contributed by atoms with Crippen LogP contribution in [0.3, 0.4) is 0 Å². The van der Waals surface area contributed by atoms with Crippen molar-refractivity contribution in [1.29, 1.82) is 0 Å². The second-order valence-electron chi connectivity index (χ2n) is 8.16. The predicted molar refractivity (Wildman–Crippen MR) is 121 cm³/mol. The van der Waals surface area contributed by atoms with Gasteiger partial charge >= 0.3 is 0 Å². The highest BCUT2D eigenvalue weighted by molar-refractivity contribution is 5.84. The average molecular weight is 400 g/mol. The molecule has 0 bridgehead atoms. The van der Waals surface area contributed by atoms with Gasteiger partial charge in [-0.2, -0.15) is 0 Å². The lowest BCUT2D eigenvalue weighted by molar-refractivity contribution is -0.130. The highest BCUT2D eigenvalue weighted by atomic mass is 16.2. The third-order valence-corrected chi connectivity index (χ3v) is 6.01. The first-order valence-electron chi connectivity index (χ1n) is 10.7. The summed E-state index contributed by atoms with van der Waals surface area (Å²) in [5, 5.41) is 3.11. The van der Waals surface area contributed by atoms with Crippen molar-refractivity contribution in [3.63, 3.8) is 0 Å². The summed E-state index contributed by atoms with van der Waals surface area (Å²) in [6.07, 6.45) is 5.32. The number of nitrogens with zero attached hydrogens (tertiary/aromatic N) is 2. The van der Waals surface area contributed by atoms with E-state index in [-0.39, 0.29) is 5.91 Å². The number of carbonyl (C=O) groups is 1. The zero-order valence-electron chi connectivity index (χ0n) is 17.6. The molecule has 0 spiro atoms. The molecule has 1 atom stereocenters. The maximum atomic E-state index is 13.3. The lowest BCUT2D eigenvalue weighted by Crippen LogP contribution is -2.44. The van der Waals surface area contributed by atoms with Gasteiger partial charge < -0.3 is 5.32 Å². The molecule has 1 aliphatic heterocycles. The van der Waals surface area contributed by atoms with Crippen LogP contribution >= 0.6 is 0 Å². The maximum Gasteiger partial charge on any atom is 0.227 e. The molecule has 1 aliphatic rings. The summed E-state index contributed by atoms with van der Waals surface area (Å²) in [4.78, 5) is 19.9. The number of likely N-dealkylation sites (tertiary alicyclic amines) is 1. The van der Waals surface area contributed by atoms with Crippen molar-refractivity contribution in [1.82, 2.24) is 15.2 Å². The van der Waals surface area contributed by atoms with Crippen molar-refractivity contribution in [3.8, 4) is 11.1 Å². The summed E-state index contributed by atoms with van der Waals surface area (Å²) in [7, 11) is 0. The fourth-order valence-electron chi connectivity index (χ4n) is 4.54. The molecule has 4 rings (SSSR count). The Kier molecular flexibility index (Phi) is 6.24. The van der Waals surface area contributed by atoms with Crippen molar-refractivity contribution in [2.75, 3.05) is 19.6 Å². The number of hydrogen-bond donors (Lipinski definition) is 1. The third-order valence-electron chi connectivity index (χ3n) is 6.01. The van der Waals surface area contributed by atoms with Gasteiger partial charge in [-0.3, -0.25) is 14.7 Å². The Balaban J connectivity index is 1.61. The van der Waals surface area contributed by atoms with Gasteiger partial charge in [-0.15, -0.1) is 0 Å². The first-order chi connectivity index (χ1) is 14.7. The van der Waals surface area contributed by atoms with Gasteiger partial charge in [0.2, 0.25) is 5.91 Å². The molecule has 2 aromatic carbocycles. The molecule has 1 unspecified atom stereocenters. The van der Waals surface area contributed by atoms with Crippen molar-refractivity contribution in [2.24, 2.45) is 5.41 Å². The van der Waals surface area contributed by atoms with Crippen LogP contribution in [0, 0.1) is 5.41 Å². The molecule has 1 saturated heterocycles. The zero-order chi connectivity index (χ0) is 20.8. The Labute approximate surface area is 179 Å². The fourth-order valence-corrected chi connectivity index (χ4v) is 4.54. The molecule has 3 aromatic rings. The lowest BCUT2D eigenvalue weighted by Gasteiger charge is -2.29. The van der Waals surface area contributed by atoms with E-state index in [1.807, 2.05) is 25.3 Å². The number of rotatable bonds is 7. The normalized spacial score (nSPS) is 19.0. The molecule has 1 fully saturated rings. The Morgan fingerprint density at radius 3 is 2.63 bits per heavy atom. The highest BCUT2D eigenvalue weighted by Gasteiger charge is 2.44. The quantitative estimate of drug-likeness (QED) is 0.644. The summed E-state index contributed by atoms with van der Waals surface area (Å²) in [6, 6.07) is 23.0. The van der Waals surface area contributed by atoms with Gasteiger partial charge in [-0.1, -0.05) is 60.7 Å². The van der Waals surface area contributed by atoms with Crippen molar-refractivity contribution in [2.45, 2.75) is 26.3 Å². The van der Waals surface area contributed by atoms with Gasteiger partial charge in [0, 0.05) is 32.0 Å². The van der Waals surface area contributed by atoms with Gasteiger partial charge in [0.25, 0.3) is 0 Å². The van der Waals surface area contributed by atoms with Crippen LogP contribution in [0.2, 0.25) is 0 Å². The van der Waals surface area contributed by atoms with E-state index in [9.17, 15) is 4.79 Å². The SMILES string of the molecule is CCNC(=O)C1(Cc2ccccc2-c2ccccc2)CCN(Cc2cccnc2)C1. The zero-order valence-corrected chi connectivity index (χ0v) is 17.6. The molecule has 1 N–H and O–H groups in total. The number of aromatic nitrogens is 1. The van der Waals surface area contributed by atoms with E-state index in [1.54, 1.807) is 6.20 Å². The minimum Gasteiger partial charge on any atom is -0.356 e. The van der Waals surface area contributed by atoms with Crippen LogP contribution in [0.1, 0.15) is 24.5 Å². The van der Waals surface area contributed by atoms with Crippen LogP contribution in [0.4, 0.5) is 0 Å². The fraction of sp³-hybridized carbons (Fsp3) is 0.308. The topological polar surface area (TPSA) is 45.2 Å². The van der Waals surface area contributed by atoms with Gasteiger partial charge in [0.15, 0.2) is 0 Å². The first-order valence-corrected chi connectivity index (χ1v) is 10.7. The van der Waals surface area contributed by atoms with Crippen LogP contribution in [0.15, 0.2) is 79.1 Å². The molecule has 30 heavy (non-hydrogen) atoms. The molecule has 1 aromatic heterocycles. The largest absolute Gasteiger partial charge is 0.356 e. The number of nitrogens with one attached hydrogen (secondary N) is 1. The van der Waals surface area contributed by atoms with Crippen LogP contribution in [0.25, 0.3) is 11.1 Å². The van der Waals surface area contributed by atoms with E-state index in [1.165, 1.54) is 22.3 Å². The Hall–Kier alpha value is -2.98. The van der Waals surface area contributed by atoms with Crippen LogP contribution in [-0.2, 0) is 17.8 Å². The number of benzene rings is 2. The summed E-state index contributed by atoms with van der Waals surface area (Å²) >= 11 is 0. The van der Waals surface area contributed by atoms with Crippen LogP contribution < -0.4 is 5.32 Å². The van der Waals surface area contributed by atoms with Gasteiger partial charge in [0.05, 0.1) is 5.41 Å². The van der Waals surface area contributed by atoms with Crippen molar-refractivity contribution in [3.05, 3.63) is 90.3 Å². The summed E-state index contributed by atoms with van der Waals surface area (Å²) in [5.74, 6) is 0.168. The number of pyridine rings is 1. The Morgan fingerprint density at radius 1 is 1.07 bits per heavy atom. The summed E-state index contributed by atoms with van der Waals surface area (Å²) < 4.78 is 0. The van der Waals surface area contributed by atoms with E-state index in [4.69, 9.17) is 0 Å². The summed E-state index contributed by atoms with van der Waals surface area (Å²) in [6.45, 7) is 5.15. The number of amides is 1. The molecule has 0 aliphatic carbocycles. The Bertz CT molecular complexity index is 974. The van der Waals surface area contributed by atoms with Gasteiger partial charge in [-0.25, -0.2) is 0 Å². The second-order valence-corrected chi connectivity index (χ2v) is 8.16. The molecular weight excluding hydrogens is 370 g/mol.